The molecule has 3 rings (SSSR count). The van der Waals surface area contributed by atoms with E-state index in [2.05, 4.69) is 4.99 Å². The minimum atomic E-state index is -0.0687. The Labute approximate surface area is 132 Å². The minimum absolute atomic E-state index is 0.0645. The Kier molecular flexibility index (Phi) is 4.11. The first-order valence-electron chi connectivity index (χ1n) is 7.45. The van der Waals surface area contributed by atoms with Gasteiger partial charge < -0.3 is 9.47 Å². The number of likely N-dealkylation sites (tertiary alicyclic amines) is 1. The molecule has 1 saturated heterocycles. The lowest BCUT2D eigenvalue weighted by Gasteiger charge is -2.29. The van der Waals surface area contributed by atoms with Gasteiger partial charge in [-0.1, -0.05) is 23.5 Å². The Morgan fingerprint density at radius 1 is 1.23 bits per heavy atom. The first-order valence-corrected chi connectivity index (χ1v) is 8.26. The first-order chi connectivity index (χ1) is 10.6. The average molecular weight is 317 g/mol. The van der Waals surface area contributed by atoms with E-state index >= 15 is 0 Å². The number of rotatable bonds is 1. The average Bonchev–Trinajstić information content (AvgIpc) is 2.84. The maximum Gasteiger partial charge on any atom is 0.251 e. The summed E-state index contributed by atoms with van der Waals surface area (Å²) in [4.78, 5) is 30.6. The van der Waals surface area contributed by atoms with Crippen molar-refractivity contribution in [2.75, 3.05) is 13.1 Å². The normalized spacial score (nSPS) is 17.2. The van der Waals surface area contributed by atoms with E-state index in [1.807, 2.05) is 35.9 Å². The van der Waals surface area contributed by atoms with Gasteiger partial charge in [-0.05, 0) is 25.0 Å². The Balaban J connectivity index is 1.81. The summed E-state index contributed by atoms with van der Waals surface area (Å²) in [5.41, 5.74) is 1.09. The molecule has 116 valence electrons. The van der Waals surface area contributed by atoms with Crippen molar-refractivity contribution in [3.63, 3.8) is 0 Å². The van der Waals surface area contributed by atoms with Crippen LogP contribution >= 0.6 is 11.3 Å². The Morgan fingerprint density at radius 3 is 2.55 bits per heavy atom. The van der Waals surface area contributed by atoms with Gasteiger partial charge in [0.15, 0.2) is 4.80 Å². The van der Waals surface area contributed by atoms with Crippen molar-refractivity contribution in [2.45, 2.75) is 19.8 Å². The van der Waals surface area contributed by atoms with E-state index in [4.69, 9.17) is 0 Å². The number of carbonyl (C=O) groups is 2. The number of hydrogen-bond acceptors (Lipinski definition) is 3. The van der Waals surface area contributed by atoms with E-state index < -0.39 is 0 Å². The Hall–Kier alpha value is -1.95. The maximum atomic E-state index is 12.4. The van der Waals surface area contributed by atoms with Gasteiger partial charge in [-0.15, -0.1) is 0 Å². The van der Waals surface area contributed by atoms with Gasteiger partial charge >= 0.3 is 0 Å². The number of thiazole rings is 1. The molecule has 1 aliphatic heterocycles. The van der Waals surface area contributed by atoms with Crippen LogP contribution in [-0.2, 0) is 16.6 Å². The highest BCUT2D eigenvalue weighted by atomic mass is 32.1. The molecule has 0 bridgehead atoms. The monoisotopic (exact) mass is 317 g/mol. The topological polar surface area (TPSA) is 54.7 Å². The second-order valence-corrected chi connectivity index (χ2v) is 6.65. The molecular weight excluding hydrogens is 298 g/mol. The fourth-order valence-corrected chi connectivity index (χ4v) is 3.84. The molecule has 1 aromatic heterocycles. The number of nitrogens with zero attached hydrogens (tertiary/aromatic N) is 3. The van der Waals surface area contributed by atoms with Crippen LogP contribution in [0.15, 0.2) is 29.3 Å². The molecule has 1 aromatic carbocycles. The van der Waals surface area contributed by atoms with Crippen LogP contribution in [0.4, 0.5) is 0 Å². The van der Waals surface area contributed by atoms with E-state index in [9.17, 15) is 9.59 Å². The third-order valence-corrected chi connectivity index (χ3v) is 5.32. The number of fused-ring (bicyclic) bond motifs is 1. The molecule has 22 heavy (non-hydrogen) atoms. The molecule has 0 atom stereocenters. The lowest BCUT2D eigenvalue weighted by Crippen LogP contribution is -2.39. The van der Waals surface area contributed by atoms with Crippen LogP contribution in [0.1, 0.15) is 19.8 Å². The number of amides is 2. The van der Waals surface area contributed by atoms with Crippen LogP contribution in [0.2, 0.25) is 0 Å². The third-order valence-electron chi connectivity index (χ3n) is 4.21. The molecule has 0 radical (unpaired) electrons. The second kappa shape index (κ2) is 6.04. The summed E-state index contributed by atoms with van der Waals surface area (Å²) >= 11 is 1.53. The number of benzene rings is 1. The molecule has 1 aliphatic rings. The van der Waals surface area contributed by atoms with Crippen molar-refractivity contribution in [2.24, 2.45) is 18.0 Å². The Bertz CT molecular complexity index is 782. The van der Waals surface area contributed by atoms with Crippen molar-refractivity contribution >= 4 is 33.4 Å². The molecule has 6 heteroatoms. The van der Waals surface area contributed by atoms with Gasteiger partial charge in [0.25, 0.3) is 5.91 Å². The molecular formula is C16H19N3O2S. The quantitative estimate of drug-likeness (QED) is 0.807. The van der Waals surface area contributed by atoms with E-state index in [1.165, 1.54) is 11.3 Å². The molecule has 0 saturated carbocycles. The lowest BCUT2D eigenvalue weighted by atomic mass is 9.96. The van der Waals surface area contributed by atoms with Crippen molar-refractivity contribution in [3.05, 3.63) is 29.1 Å². The molecule has 5 nitrogen and oxygen atoms in total. The molecule has 2 aromatic rings. The van der Waals surface area contributed by atoms with Gasteiger partial charge in [-0.3, -0.25) is 9.59 Å². The van der Waals surface area contributed by atoms with Crippen molar-refractivity contribution < 1.29 is 9.59 Å². The van der Waals surface area contributed by atoms with Crippen LogP contribution in [0.3, 0.4) is 0 Å². The summed E-state index contributed by atoms with van der Waals surface area (Å²) in [6, 6.07) is 8.04. The molecule has 0 spiro atoms. The van der Waals surface area contributed by atoms with Gasteiger partial charge in [-0.2, -0.15) is 4.99 Å². The zero-order chi connectivity index (χ0) is 15.7. The molecule has 2 amide bonds. The predicted octanol–water partition coefficient (Wildman–Crippen LogP) is 1.93. The molecule has 0 N–H and O–H groups in total. The highest BCUT2D eigenvalue weighted by Gasteiger charge is 2.25. The third kappa shape index (κ3) is 2.83. The first kappa shape index (κ1) is 15.0. The highest BCUT2D eigenvalue weighted by molar-refractivity contribution is 7.16. The smallest absolute Gasteiger partial charge is 0.251 e. The van der Waals surface area contributed by atoms with Crippen LogP contribution in [0.5, 0.6) is 0 Å². The summed E-state index contributed by atoms with van der Waals surface area (Å²) in [7, 11) is 1.93. The maximum absolute atomic E-state index is 12.4. The van der Waals surface area contributed by atoms with E-state index in [0.29, 0.717) is 25.9 Å². The van der Waals surface area contributed by atoms with Gasteiger partial charge in [0.1, 0.15) is 0 Å². The number of hydrogen-bond donors (Lipinski definition) is 0. The van der Waals surface area contributed by atoms with Crippen LogP contribution in [-0.4, -0.2) is 34.4 Å². The zero-order valence-electron chi connectivity index (χ0n) is 12.8. The summed E-state index contributed by atoms with van der Waals surface area (Å²) in [6.07, 6.45) is 1.41. The largest absolute Gasteiger partial charge is 0.343 e. The summed E-state index contributed by atoms with van der Waals surface area (Å²) in [5, 5.41) is 0. The highest BCUT2D eigenvalue weighted by Crippen LogP contribution is 2.19. The SMILES string of the molecule is CC(=O)N1CCC(C(=O)N=c2sc3ccccc3n2C)CC1. The summed E-state index contributed by atoms with van der Waals surface area (Å²) in [5.74, 6) is -0.0510. The number of piperidine rings is 1. The van der Waals surface area contributed by atoms with Gasteiger partial charge in [0.05, 0.1) is 10.2 Å². The van der Waals surface area contributed by atoms with Crippen LogP contribution in [0.25, 0.3) is 10.2 Å². The second-order valence-electron chi connectivity index (χ2n) is 5.64. The van der Waals surface area contributed by atoms with Gasteiger partial charge in [0, 0.05) is 33.0 Å². The lowest BCUT2D eigenvalue weighted by molar-refractivity contribution is -0.132. The number of aryl methyl sites for hydroxylation is 1. The summed E-state index contributed by atoms with van der Waals surface area (Å²) < 4.78 is 3.09. The number of para-hydroxylation sites is 1. The fraction of sp³-hybridized carbons (Fsp3) is 0.438. The van der Waals surface area contributed by atoms with Crippen molar-refractivity contribution in [1.82, 2.24) is 9.47 Å². The van der Waals surface area contributed by atoms with Crippen molar-refractivity contribution in [3.8, 4) is 0 Å². The molecule has 2 heterocycles. The van der Waals surface area contributed by atoms with E-state index in [0.717, 1.165) is 15.0 Å². The fourth-order valence-electron chi connectivity index (χ4n) is 2.82. The van der Waals surface area contributed by atoms with Crippen molar-refractivity contribution in [1.29, 1.82) is 0 Å². The molecule has 0 unspecified atom stereocenters. The summed E-state index contributed by atoms with van der Waals surface area (Å²) in [6.45, 7) is 2.88. The van der Waals surface area contributed by atoms with E-state index in [-0.39, 0.29) is 17.7 Å². The van der Waals surface area contributed by atoms with Crippen LogP contribution in [0, 0.1) is 5.92 Å². The zero-order valence-corrected chi connectivity index (χ0v) is 13.6. The van der Waals surface area contributed by atoms with Crippen LogP contribution < -0.4 is 4.80 Å². The standard InChI is InChI=1S/C16H19N3O2S/c1-11(20)19-9-7-12(8-10-19)15(21)17-16-18(2)13-5-3-4-6-14(13)22-16/h3-6,12H,7-10H2,1-2H3. The number of carbonyl (C=O) groups excluding carboxylic acids is 2. The Morgan fingerprint density at radius 2 is 1.91 bits per heavy atom. The predicted molar refractivity (Wildman–Crippen MR) is 86.3 cm³/mol. The minimum Gasteiger partial charge on any atom is -0.343 e. The molecule has 1 fully saturated rings. The molecule has 0 aliphatic carbocycles. The van der Waals surface area contributed by atoms with Gasteiger partial charge in [-0.25, -0.2) is 0 Å². The van der Waals surface area contributed by atoms with E-state index in [1.54, 1.807) is 11.8 Å². The van der Waals surface area contributed by atoms with Gasteiger partial charge in [0.2, 0.25) is 5.91 Å². The number of aromatic nitrogens is 1.